The molecular weight excluding hydrogens is 442 g/mol. The highest BCUT2D eigenvalue weighted by atomic mass is 16.5. The molecule has 0 radical (unpaired) electrons. The van der Waals surface area contributed by atoms with Gasteiger partial charge >= 0.3 is 0 Å². The van der Waals surface area contributed by atoms with Crippen LogP contribution >= 0.6 is 0 Å². The van der Waals surface area contributed by atoms with Crippen molar-refractivity contribution in [1.82, 2.24) is 5.32 Å². The van der Waals surface area contributed by atoms with Crippen LogP contribution in [0.3, 0.4) is 0 Å². The molecule has 35 heavy (non-hydrogen) atoms. The van der Waals surface area contributed by atoms with Crippen molar-refractivity contribution >= 4 is 17.8 Å². The highest BCUT2D eigenvalue weighted by Gasteiger charge is 2.57. The minimum Gasteiger partial charge on any atom is -0.493 e. The van der Waals surface area contributed by atoms with Crippen molar-refractivity contribution in [2.75, 3.05) is 21.3 Å². The van der Waals surface area contributed by atoms with Crippen LogP contribution in [0.2, 0.25) is 0 Å². The topological polar surface area (TPSA) is 73.9 Å². The molecule has 6 nitrogen and oxygen atoms in total. The second-order valence-electron chi connectivity index (χ2n) is 11.2. The number of carbonyl (C=O) groups is 2. The third-order valence-electron chi connectivity index (χ3n) is 9.51. The van der Waals surface area contributed by atoms with Gasteiger partial charge < -0.3 is 19.5 Å². The first kappa shape index (κ1) is 24.0. The van der Waals surface area contributed by atoms with E-state index in [1.165, 1.54) is 5.57 Å². The molecule has 3 fully saturated rings. The maximum absolute atomic E-state index is 13.3. The van der Waals surface area contributed by atoms with Crippen molar-refractivity contribution in [1.29, 1.82) is 0 Å². The van der Waals surface area contributed by atoms with Gasteiger partial charge in [0.1, 0.15) is 0 Å². The summed E-state index contributed by atoms with van der Waals surface area (Å²) < 4.78 is 16.5. The van der Waals surface area contributed by atoms with Crippen molar-refractivity contribution in [2.24, 2.45) is 23.2 Å². The third kappa shape index (κ3) is 3.85. The van der Waals surface area contributed by atoms with Crippen LogP contribution in [0.4, 0.5) is 0 Å². The molecule has 1 amide bonds. The minimum atomic E-state index is -0.188. The Labute approximate surface area is 208 Å². The van der Waals surface area contributed by atoms with Crippen LogP contribution < -0.4 is 19.5 Å². The van der Waals surface area contributed by atoms with Crippen LogP contribution in [-0.4, -0.2) is 38.6 Å². The van der Waals surface area contributed by atoms with E-state index in [1.807, 2.05) is 24.3 Å². The van der Waals surface area contributed by atoms with Crippen LogP contribution in [0.1, 0.15) is 64.4 Å². The molecule has 0 bridgehead atoms. The average Bonchev–Trinajstić information content (AvgIpc) is 2.84. The minimum absolute atomic E-state index is 0.0156. The summed E-state index contributed by atoms with van der Waals surface area (Å²) in [4.78, 5) is 25.4. The van der Waals surface area contributed by atoms with Gasteiger partial charge in [0.15, 0.2) is 17.3 Å². The van der Waals surface area contributed by atoms with Gasteiger partial charge in [0.05, 0.1) is 21.3 Å². The Balaban J connectivity index is 1.48. The standard InChI is InChI=1S/C29H37NO5/c1-28-10-8-20(31)16-19(28)6-7-21-22(28)9-11-29(2)23(21)15-18(27(32)30-29)12-17-13-24(33-3)26(35-5)25(14-17)34-4/h12-14,16,21-23H,6-11,15H2,1-5H3,(H,30,32)/b18-12-/t21-,22+,23+,28+,29+/m1/s1. The van der Waals surface area contributed by atoms with E-state index >= 15 is 0 Å². The number of benzene rings is 1. The first-order chi connectivity index (χ1) is 16.7. The number of carbonyl (C=O) groups excluding carboxylic acids is 2. The number of piperidine rings is 1. The van der Waals surface area contributed by atoms with E-state index in [4.69, 9.17) is 14.2 Å². The van der Waals surface area contributed by atoms with E-state index in [0.717, 1.165) is 49.7 Å². The highest BCUT2D eigenvalue weighted by Crippen LogP contribution is 2.61. The number of ketones is 1. The van der Waals surface area contributed by atoms with Crippen LogP contribution in [-0.2, 0) is 9.59 Å². The second-order valence-corrected chi connectivity index (χ2v) is 11.2. The van der Waals surface area contributed by atoms with E-state index in [0.29, 0.717) is 41.4 Å². The number of rotatable bonds is 4. The number of ether oxygens (including phenoxy) is 3. The quantitative estimate of drug-likeness (QED) is 0.608. The van der Waals surface area contributed by atoms with Gasteiger partial charge in [0, 0.05) is 17.5 Å². The zero-order valence-corrected chi connectivity index (χ0v) is 21.5. The normalized spacial score (nSPS) is 35.3. The van der Waals surface area contributed by atoms with Gasteiger partial charge in [-0.2, -0.15) is 0 Å². The fourth-order valence-corrected chi connectivity index (χ4v) is 7.59. The SMILES string of the molecule is COc1cc(/C=C2/C[C@H]3[C@@H]4CCC5=CC(=O)CC[C@]5(C)[C@H]4CC[C@]3(C)NC2=O)cc(OC)c1OC. The molecular formula is C29H37NO5. The summed E-state index contributed by atoms with van der Waals surface area (Å²) in [6, 6.07) is 3.77. The first-order valence-corrected chi connectivity index (χ1v) is 12.8. The van der Waals surface area contributed by atoms with E-state index in [9.17, 15) is 9.59 Å². The lowest BCUT2D eigenvalue weighted by atomic mass is 9.47. The van der Waals surface area contributed by atoms with E-state index < -0.39 is 0 Å². The molecule has 188 valence electrons. The second kappa shape index (κ2) is 8.72. The van der Waals surface area contributed by atoms with Gasteiger partial charge in [-0.05, 0) is 98.5 Å². The number of methoxy groups -OCH3 is 3. The number of amides is 1. The van der Waals surface area contributed by atoms with Gasteiger partial charge in [0.2, 0.25) is 11.7 Å². The van der Waals surface area contributed by atoms with Crippen molar-refractivity contribution < 1.29 is 23.8 Å². The van der Waals surface area contributed by atoms with Crippen molar-refractivity contribution in [3.05, 3.63) is 34.9 Å². The Morgan fingerprint density at radius 3 is 2.31 bits per heavy atom. The lowest BCUT2D eigenvalue weighted by Crippen LogP contribution is -2.63. The number of hydrogen-bond acceptors (Lipinski definition) is 5. The summed E-state index contributed by atoms with van der Waals surface area (Å²) in [7, 11) is 4.78. The Kier molecular flexibility index (Phi) is 5.97. The molecule has 1 aromatic carbocycles. The molecule has 1 aromatic rings. The average molecular weight is 480 g/mol. The number of hydrogen-bond donors (Lipinski definition) is 1. The monoisotopic (exact) mass is 479 g/mol. The summed E-state index contributed by atoms with van der Waals surface area (Å²) in [5.74, 6) is 3.46. The van der Waals surface area contributed by atoms with Gasteiger partial charge in [-0.25, -0.2) is 0 Å². The first-order valence-electron chi connectivity index (χ1n) is 12.8. The van der Waals surface area contributed by atoms with E-state index in [2.05, 4.69) is 19.2 Å². The summed E-state index contributed by atoms with van der Waals surface area (Å²) in [6.07, 6.45) is 10.5. The van der Waals surface area contributed by atoms with Gasteiger partial charge in [0.25, 0.3) is 0 Å². The fourth-order valence-electron chi connectivity index (χ4n) is 7.59. The summed E-state index contributed by atoms with van der Waals surface area (Å²) in [5.41, 5.74) is 2.94. The number of allylic oxidation sites excluding steroid dienone is 2. The Bertz CT molecular complexity index is 1100. The van der Waals surface area contributed by atoms with Gasteiger partial charge in [-0.1, -0.05) is 12.5 Å². The van der Waals surface area contributed by atoms with Gasteiger partial charge in [-0.15, -0.1) is 0 Å². The molecule has 3 aliphatic carbocycles. The van der Waals surface area contributed by atoms with Crippen LogP contribution in [0, 0.1) is 23.2 Å². The van der Waals surface area contributed by atoms with Crippen LogP contribution in [0.15, 0.2) is 29.4 Å². The molecule has 0 aromatic heterocycles. The van der Waals surface area contributed by atoms with Crippen molar-refractivity contribution in [3.8, 4) is 17.2 Å². The Hall–Kier alpha value is -2.76. The predicted molar refractivity (Wildman–Crippen MR) is 135 cm³/mol. The maximum atomic E-state index is 13.3. The number of nitrogens with one attached hydrogen (secondary N) is 1. The molecule has 1 heterocycles. The zero-order chi connectivity index (χ0) is 25.0. The molecule has 0 unspecified atom stereocenters. The molecule has 4 aliphatic rings. The van der Waals surface area contributed by atoms with Crippen LogP contribution in [0.5, 0.6) is 17.2 Å². The molecule has 5 atom stereocenters. The fraction of sp³-hybridized carbons (Fsp3) is 0.586. The molecule has 1 aliphatic heterocycles. The summed E-state index contributed by atoms with van der Waals surface area (Å²) >= 11 is 0. The lowest BCUT2D eigenvalue weighted by Gasteiger charge is -2.60. The number of fused-ring (bicyclic) bond motifs is 5. The summed E-state index contributed by atoms with van der Waals surface area (Å²) in [5, 5.41) is 3.41. The van der Waals surface area contributed by atoms with Gasteiger partial charge in [-0.3, -0.25) is 9.59 Å². The summed E-state index contributed by atoms with van der Waals surface area (Å²) in [6.45, 7) is 4.62. The largest absolute Gasteiger partial charge is 0.493 e. The molecule has 1 N–H and O–H groups in total. The molecule has 0 spiro atoms. The van der Waals surface area contributed by atoms with Crippen LogP contribution in [0.25, 0.3) is 6.08 Å². The predicted octanol–water partition coefficient (Wildman–Crippen LogP) is 5.11. The van der Waals surface area contributed by atoms with Crippen molar-refractivity contribution in [2.45, 2.75) is 64.3 Å². The molecule has 6 heteroatoms. The zero-order valence-electron chi connectivity index (χ0n) is 21.5. The lowest BCUT2D eigenvalue weighted by molar-refractivity contribution is -0.127. The molecule has 5 rings (SSSR count). The molecule has 2 saturated carbocycles. The molecule has 1 saturated heterocycles. The van der Waals surface area contributed by atoms with E-state index in [1.54, 1.807) is 21.3 Å². The highest BCUT2D eigenvalue weighted by molar-refractivity contribution is 5.99. The van der Waals surface area contributed by atoms with E-state index in [-0.39, 0.29) is 22.6 Å². The third-order valence-corrected chi connectivity index (χ3v) is 9.51. The Morgan fingerprint density at radius 2 is 1.66 bits per heavy atom. The Morgan fingerprint density at radius 1 is 0.943 bits per heavy atom. The van der Waals surface area contributed by atoms with Crippen molar-refractivity contribution in [3.63, 3.8) is 0 Å². The smallest absolute Gasteiger partial charge is 0.247 e. The maximum Gasteiger partial charge on any atom is 0.247 e.